The molecule has 4 heterocycles. The average Bonchev–Trinajstić information content (AvgIpc) is 3.61. The van der Waals surface area contributed by atoms with Crippen molar-refractivity contribution in [3.8, 4) is 5.88 Å². The molecule has 12 heteroatoms. The second-order valence-corrected chi connectivity index (χ2v) is 13.1. The quantitative estimate of drug-likeness (QED) is 0.401. The monoisotopic (exact) mass is 595 g/mol. The van der Waals surface area contributed by atoms with Gasteiger partial charge in [0.2, 0.25) is 5.88 Å². The van der Waals surface area contributed by atoms with E-state index in [-0.39, 0.29) is 24.1 Å². The van der Waals surface area contributed by atoms with Crippen molar-refractivity contribution in [3.05, 3.63) is 71.8 Å². The lowest BCUT2D eigenvalue weighted by atomic mass is 10.1. The van der Waals surface area contributed by atoms with Gasteiger partial charge in [-0.05, 0) is 42.7 Å². The highest BCUT2D eigenvalue weighted by molar-refractivity contribution is 7.90. The summed E-state index contributed by atoms with van der Waals surface area (Å²) < 4.78 is 49.8. The number of sulfone groups is 1. The molecule has 3 aliphatic rings. The molecule has 0 radical (unpaired) electrons. The van der Waals surface area contributed by atoms with E-state index in [4.69, 9.17) is 9.47 Å². The number of hydrogen-bond acceptors (Lipinski definition) is 9. The second kappa shape index (κ2) is 11.8. The van der Waals surface area contributed by atoms with Crippen LogP contribution in [0.1, 0.15) is 30.4 Å². The normalized spacial score (nSPS) is 19.6. The average molecular weight is 596 g/mol. The highest BCUT2D eigenvalue weighted by Crippen LogP contribution is 2.35. The highest BCUT2D eigenvalue weighted by Gasteiger charge is 2.31. The standard InChI is InChI=1S/C30H34FN5O5S/c1-42(38,39)25-6-7-27-21(16-25)8-15-36(27)28-17-29(33-20-32-28)40-23-10-13-35(14-11-23)30(37)41-24-9-12-34(19-24)18-22-4-2-3-5-26(22)31/h2-7,16-17,20,23-24H,8-15,18-19H2,1H3. The van der Waals surface area contributed by atoms with Crippen LogP contribution in [0.25, 0.3) is 0 Å². The Kier molecular flexibility index (Phi) is 8.00. The Morgan fingerprint density at radius 2 is 1.79 bits per heavy atom. The minimum absolute atomic E-state index is 0.0947. The van der Waals surface area contributed by atoms with Gasteiger partial charge in [-0.15, -0.1) is 0 Å². The molecule has 0 spiro atoms. The molecule has 1 amide bonds. The van der Waals surface area contributed by atoms with E-state index in [9.17, 15) is 17.6 Å². The Morgan fingerprint density at radius 1 is 1.00 bits per heavy atom. The molecule has 1 atom stereocenters. The fraction of sp³-hybridized carbons (Fsp3) is 0.433. The van der Waals surface area contributed by atoms with Gasteiger partial charge in [0, 0.05) is 75.7 Å². The number of nitrogens with zero attached hydrogens (tertiary/aromatic N) is 5. The van der Waals surface area contributed by atoms with Crippen LogP contribution >= 0.6 is 0 Å². The highest BCUT2D eigenvalue weighted by atomic mass is 32.2. The molecular weight excluding hydrogens is 561 g/mol. The maximum Gasteiger partial charge on any atom is 0.410 e. The van der Waals surface area contributed by atoms with Gasteiger partial charge in [-0.1, -0.05) is 18.2 Å². The zero-order chi connectivity index (χ0) is 29.3. The first-order chi connectivity index (χ1) is 20.2. The number of fused-ring (bicyclic) bond motifs is 1. The molecule has 0 N–H and O–H groups in total. The maximum atomic E-state index is 14.0. The number of carbonyl (C=O) groups excluding carboxylic acids is 1. The summed E-state index contributed by atoms with van der Waals surface area (Å²) in [5.74, 6) is 0.934. The summed E-state index contributed by atoms with van der Waals surface area (Å²) in [6, 6.07) is 13.7. The molecule has 0 aliphatic carbocycles. The number of ether oxygens (including phenoxy) is 2. The number of benzene rings is 2. The smallest absolute Gasteiger partial charge is 0.410 e. The van der Waals surface area contributed by atoms with E-state index in [0.717, 1.165) is 30.6 Å². The van der Waals surface area contributed by atoms with Crippen LogP contribution in [0.2, 0.25) is 0 Å². The van der Waals surface area contributed by atoms with Gasteiger partial charge in [0.1, 0.15) is 30.2 Å². The van der Waals surface area contributed by atoms with Gasteiger partial charge in [0.05, 0.1) is 4.90 Å². The van der Waals surface area contributed by atoms with E-state index < -0.39 is 9.84 Å². The zero-order valence-electron chi connectivity index (χ0n) is 23.5. The van der Waals surface area contributed by atoms with Crippen LogP contribution in [0.15, 0.2) is 59.8 Å². The van der Waals surface area contributed by atoms with Gasteiger partial charge in [-0.25, -0.2) is 27.6 Å². The van der Waals surface area contributed by atoms with Crippen molar-refractivity contribution >= 4 is 27.4 Å². The molecule has 2 fully saturated rings. The second-order valence-electron chi connectivity index (χ2n) is 11.1. The van der Waals surface area contributed by atoms with Crippen LogP contribution in [0, 0.1) is 5.82 Å². The third kappa shape index (κ3) is 6.34. The van der Waals surface area contributed by atoms with Gasteiger partial charge in [-0.3, -0.25) is 4.90 Å². The van der Waals surface area contributed by atoms with Crippen molar-refractivity contribution < 1.29 is 27.1 Å². The number of likely N-dealkylation sites (tertiary alicyclic amines) is 2. The van der Waals surface area contributed by atoms with Gasteiger partial charge in [0.15, 0.2) is 9.84 Å². The van der Waals surface area contributed by atoms with Gasteiger partial charge < -0.3 is 19.3 Å². The predicted molar refractivity (Wildman–Crippen MR) is 154 cm³/mol. The molecule has 1 unspecified atom stereocenters. The number of aromatic nitrogens is 2. The molecule has 1 aromatic heterocycles. The Morgan fingerprint density at radius 3 is 2.57 bits per heavy atom. The Hall–Kier alpha value is -3.77. The molecule has 222 valence electrons. The SMILES string of the molecule is CS(=O)(=O)c1ccc2c(c1)CCN2c1cc(OC2CCN(C(=O)OC3CCN(Cc4ccccc4F)C3)CC2)ncn1. The molecular formula is C30H34FN5O5S. The van der Waals surface area contributed by atoms with E-state index in [1.807, 2.05) is 17.0 Å². The summed E-state index contributed by atoms with van der Waals surface area (Å²) in [7, 11) is -3.27. The minimum atomic E-state index is -3.27. The van der Waals surface area contributed by atoms with Crippen LogP contribution in [0.4, 0.5) is 20.7 Å². The number of carbonyl (C=O) groups is 1. The van der Waals surface area contributed by atoms with Crippen LogP contribution in [0.5, 0.6) is 5.88 Å². The topological polar surface area (TPSA) is 105 Å². The third-order valence-electron chi connectivity index (χ3n) is 8.11. The van der Waals surface area contributed by atoms with E-state index >= 15 is 0 Å². The van der Waals surface area contributed by atoms with Crippen LogP contribution in [0.3, 0.4) is 0 Å². The summed E-state index contributed by atoms with van der Waals surface area (Å²) in [5, 5.41) is 0. The van der Waals surface area contributed by atoms with Crippen molar-refractivity contribution in [2.24, 2.45) is 0 Å². The van der Waals surface area contributed by atoms with Crippen molar-refractivity contribution in [2.45, 2.75) is 49.3 Å². The Labute approximate surface area is 245 Å². The lowest BCUT2D eigenvalue weighted by Crippen LogP contribution is -2.43. The van der Waals surface area contributed by atoms with Gasteiger partial charge >= 0.3 is 6.09 Å². The molecule has 0 bridgehead atoms. The Bertz CT molecular complexity index is 1560. The molecule has 2 aromatic carbocycles. The molecule has 3 aromatic rings. The maximum absolute atomic E-state index is 14.0. The minimum Gasteiger partial charge on any atom is -0.474 e. The number of hydrogen-bond donors (Lipinski definition) is 0. The molecule has 10 nitrogen and oxygen atoms in total. The molecule has 42 heavy (non-hydrogen) atoms. The van der Waals surface area contributed by atoms with E-state index in [1.54, 1.807) is 35.2 Å². The zero-order valence-corrected chi connectivity index (χ0v) is 24.3. The lowest BCUT2D eigenvalue weighted by Gasteiger charge is -2.32. The van der Waals surface area contributed by atoms with Gasteiger partial charge in [0.25, 0.3) is 0 Å². The van der Waals surface area contributed by atoms with Crippen LogP contribution in [-0.2, 0) is 27.5 Å². The van der Waals surface area contributed by atoms with Crippen LogP contribution < -0.4 is 9.64 Å². The summed E-state index contributed by atoms with van der Waals surface area (Å²) >= 11 is 0. The molecule has 0 saturated carbocycles. The van der Waals surface area contributed by atoms with Crippen molar-refractivity contribution in [2.75, 3.05) is 43.9 Å². The fourth-order valence-electron chi connectivity index (χ4n) is 5.84. The van der Waals surface area contributed by atoms with Crippen LogP contribution in [-0.4, -0.2) is 85.5 Å². The molecule has 6 rings (SSSR count). The Balaban J connectivity index is 0.987. The first kappa shape index (κ1) is 28.4. The number of anilines is 2. The van der Waals surface area contributed by atoms with E-state index in [2.05, 4.69) is 14.9 Å². The lowest BCUT2D eigenvalue weighted by molar-refractivity contribution is 0.0433. The summed E-state index contributed by atoms with van der Waals surface area (Å²) in [6.45, 7) is 3.58. The first-order valence-electron chi connectivity index (χ1n) is 14.2. The predicted octanol–water partition coefficient (Wildman–Crippen LogP) is 3.97. The largest absolute Gasteiger partial charge is 0.474 e. The van der Waals surface area contributed by atoms with Crippen molar-refractivity contribution in [1.82, 2.24) is 19.8 Å². The fourth-order valence-corrected chi connectivity index (χ4v) is 6.51. The van der Waals surface area contributed by atoms with Gasteiger partial charge in [-0.2, -0.15) is 0 Å². The number of rotatable bonds is 7. The number of piperidine rings is 1. The summed E-state index contributed by atoms with van der Waals surface area (Å²) in [6.07, 6.45) is 4.82. The molecule has 2 saturated heterocycles. The summed E-state index contributed by atoms with van der Waals surface area (Å²) in [5.41, 5.74) is 2.54. The number of halogens is 1. The van der Waals surface area contributed by atoms with E-state index in [0.29, 0.717) is 67.7 Å². The summed E-state index contributed by atoms with van der Waals surface area (Å²) in [4.78, 5) is 27.7. The molecule has 3 aliphatic heterocycles. The third-order valence-corrected chi connectivity index (χ3v) is 9.23. The number of amides is 1. The van der Waals surface area contributed by atoms with Crippen molar-refractivity contribution in [3.63, 3.8) is 0 Å². The van der Waals surface area contributed by atoms with E-state index in [1.165, 1.54) is 18.6 Å². The van der Waals surface area contributed by atoms with Crippen molar-refractivity contribution in [1.29, 1.82) is 0 Å². The first-order valence-corrected chi connectivity index (χ1v) is 16.1.